The molecule has 24 heavy (non-hydrogen) atoms. The molecule has 4 heteroatoms. The van der Waals surface area contributed by atoms with Crippen LogP contribution in [-0.4, -0.2) is 9.67 Å². The minimum atomic E-state index is -0.156. The highest BCUT2D eigenvalue weighted by Crippen LogP contribution is 2.50. The molecule has 0 saturated heterocycles. The average molecular weight is 319 g/mol. The fourth-order valence-electron chi connectivity index (χ4n) is 3.97. The highest BCUT2D eigenvalue weighted by atomic mass is 16.3. The summed E-state index contributed by atoms with van der Waals surface area (Å²) in [5, 5.41) is 20.5. The highest BCUT2D eigenvalue weighted by Gasteiger charge is 2.36. The Bertz CT molecular complexity index is 938. The van der Waals surface area contributed by atoms with Crippen molar-refractivity contribution in [2.75, 3.05) is 0 Å². The molecule has 1 N–H and O–H groups in total. The molecule has 122 valence electrons. The highest BCUT2D eigenvalue weighted by molar-refractivity contribution is 5.97. The van der Waals surface area contributed by atoms with Crippen molar-refractivity contribution in [2.45, 2.75) is 38.6 Å². The second kappa shape index (κ2) is 5.20. The molecule has 0 bridgehead atoms. The molecular formula is C20H21N3O. The Balaban J connectivity index is 1.96. The number of rotatable bonds is 2. The zero-order valence-corrected chi connectivity index (χ0v) is 14.2. The molecule has 4 rings (SSSR count). The molecule has 2 aromatic carbocycles. The maximum Gasteiger partial charge on any atom is 0.221 e. The van der Waals surface area contributed by atoms with Crippen LogP contribution in [0.1, 0.15) is 38.7 Å². The summed E-state index contributed by atoms with van der Waals surface area (Å²) in [5.41, 5.74) is 3.52. The molecule has 0 spiro atoms. The molecule has 0 saturated carbocycles. The standard InChI is InChI=1S/C20H21N3O/c1-13-12-20(2,3)23-18-15(13)10-7-11-16(18)17(19(23)24)22-21-14-8-5-4-6-9-14/h4-11,13,24H,12H2,1-3H3. The van der Waals surface area contributed by atoms with Crippen LogP contribution in [0.15, 0.2) is 58.8 Å². The predicted molar refractivity (Wildman–Crippen MR) is 96.6 cm³/mol. The van der Waals surface area contributed by atoms with Crippen LogP contribution in [0.3, 0.4) is 0 Å². The van der Waals surface area contributed by atoms with Gasteiger partial charge >= 0.3 is 0 Å². The van der Waals surface area contributed by atoms with E-state index in [0.29, 0.717) is 11.6 Å². The molecule has 0 aliphatic carbocycles. The lowest BCUT2D eigenvalue weighted by Gasteiger charge is -2.36. The van der Waals surface area contributed by atoms with E-state index in [9.17, 15) is 5.11 Å². The summed E-state index contributed by atoms with van der Waals surface area (Å²) in [5.74, 6) is 0.651. The number of benzene rings is 2. The molecule has 2 heterocycles. The first kappa shape index (κ1) is 14.9. The van der Waals surface area contributed by atoms with Crippen LogP contribution in [0, 0.1) is 0 Å². The Kier molecular flexibility index (Phi) is 3.23. The van der Waals surface area contributed by atoms with E-state index in [4.69, 9.17) is 0 Å². The van der Waals surface area contributed by atoms with Gasteiger partial charge in [-0.25, -0.2) is 0 Å². The number of nitrogens with zero attached hydrogens (tertiary/aromatic N) is 3. The molecule has 1 unspecified atom stereocenters. The molecule has 3 aromatic rings. The van der Waals surface area contributed by atoms with Crippen molar-refractivity contribution in [3.05, 3.63) is 54.1 Å². The lowest BCUT2D eigenvalue weighted by molar-refractivity contribution is 0.267. The first-order chi connectivity index (χ1) is 11.5. The SMILES string of the molecule is CC1CC(C)(C)n2c(O)c(N=Nc3ccccc3)c3cccc1c32. The molecule has 0 radical (unpaired) electrons. The number of hydrogen-bond donors (Lipinski definition) is 1. The third kappa shape index (κ3) is 2.13. The summed E-state index contributed by atoms with van der Waals surface area (Å²) in [6.45, 7) is 6.57. The van der Waals surface area contributed by atoms with Crippen LogP contribution in [0.2, 0.25) is 0 Å². The first-order valence-corrected chi connectivity index (χ1v) is 8.32. The Hall–Kier alpha value is -2.62. The van der Waals surface area contributed by atoms with Crippen molar-refractivity contribution in [3.63, 3.8) is 0 Å². The van der Waals surface area contributed by atoms with E-state index >= 15 is 0 Å². The fraction of sp³-hybridized carbons (Fsp3) is 0.300. The van der Waals surface area contributed by atoms with Gasteiger partial charge in [0.15, 0.2) is 5.69 Å². The summed E-state index contributed by atoms with van der Waals surface area (Å²) in [4.78, 5) is 0. The largest absolute Gasteiger partial charge is 0.493 e. The Labute approximate surface area is 141 Å². The molecule has 4 nitrogen and oxygen atoms in total. The minimum Gasteiger partial charge on any atom is -0.493 e. The van der Waals surface area contributed by atoms with Crippen LogP contribution in [0.5, 0.6) is 5.88 Å². The lowest BCUT2D eigenvalue weighted by Crippen LogP contribution is -2.31. The third-order valence-electron chi connectivity index (χ3n) is 4.93. The second-order valence-corrected chi connectivity index (χ2v) is 7.20. The van der Waals surface area contributed by atoms with Crippen molar-refractivity contribution < 1.29 is 5.11 Å². The van der Waals surface area contributed by atoms with Gasteiger partial charge in [-0.2, -0.15) is 5.11 Å². The Morgan fingerprint density at radius 1 is 1.04 bits per heavy atom. The lowest BCUT2D eigenvalue weighted by atomic mass is 9.82. The second-order valence-electron chi connectivity index (χ2n) is 7.20. The van der Waals surface area contributed by atoms with E-state index in [1.807, 2.05) is 47.0 Å². The molecular weight excluding hydrogens is 298 g/mol. The zero-order chi connectivity index (χ0) is 16.9. The number of para-hydroxylation sites is 1. The molecule has 0 amide bonds. The summed E-state index contributed by atoms with van der Waals surface area (Å²) in [6, 6.07) is 15.8. The molecule has 1 aromatic heterocycles. The van der Waals surface area contributed by atoms with Gasteiger partial charge in [0.25, 0.3) is 0 Å². The van der Waals surface area contributed by atoms with Crippen molar-refractivity contribution in [1.29, 1.82) is 0 Å². The maximum absolute atomic E-state index is 10.9. The van der Waals surface area contributed by atoms with Crippen molar-refractivity contribution in [2.24, 2.45) is 10.2 Å². The van der Waals surface area contributed by atoms with Gasteiger partial charge in [0.1, 0.15) is 0 Å². The first-order valence-electron chi connectivity index (χ1n) is 8.32. The smallest absolute Gasteiger partial charge is 0.221 e. The van der Waals surface area contributed by atoms with Gasteiger partial charge in [-0.3, -0.25) is 0 Å². The summed E-state index contributed by atoms with van der Waals surface area (Å²) in [6.07, 6.45) is 0.983. The van der Waals surface area contributed by atoms with E-state index in [0.717, 1.165) is 23.0 Å². The van der Waals surface area contributed by atoms with E-state index < -0.39 is 0 Å². The van der Waals surface area contributed by atoms with Gasteiger partial charge in [-0.1, -0.05) is 43.3 Å². The summed E-state index contributed by atoms with van der Waals surface area (Å²) in [7, 11) is 0. The number of aromatic nitrogens is 1. The zero-order valence-electron chi connectivity index (χ0n) is 14.2. The van der Waals surface area contributed by atoms with E-state index in [1.54, 1.807) is 0 Å². The molecule has 1 aliphatic rings. The van der Waals surface area contributed by atoms with Crippen LogP contribution in [0.25, 0.3) is 10.9 Å². The summed E-state index contributed by atoms with van der Waals surface area (Å²) < 4.78 is 2.02. The van der Waals surface area contributed by atoms with Crippen LogP contribution in [0.4, 0.5) is 11.4 Å². The fourth-order valence-corrected chi connectivity index (χ4v) is 3.97. The summed E-state index contributed by atoms with van der Waals surface area (Å²) >= 11 is 0. The molecule has 1 aliphatic heterocycles. The van der Waals surface area contributed by atoms with Crippen LogP contribution >= 0.6 is 0 Å². The van der Waals surface area contributed by atoms with Crippen molar-refractivity contribution in [3.8, 4) is 5.88 Å². The third-order valence-corrected chi connectivity index (χ3v) is 4.93. The monoisotopic (exact) mass is 319 g/mol. The van der Waals surface area contributed by atoms with Gasteiger partial charge in [-0.05, 0) is 43.9 Å². The van der Waals surface area contributed by atoms with Crippen LogP contribution in [-0.2, 0) is 5.54 Å². The van der Waals surface area contributed by atoms with Crippen LogP contribution < -0.4 is 0 Å². The van der Waals surface area contributed by atoms with Gasteiger partial charge in [0, 0.05) is 10.9 Å². The van der Waals surface area contributed by atoms with Gasteiger partial charge in [0.2, 0.25) is 5.88 Å². The van der Waals surface area contributed by atoms with Crippen molar-refractivity contribution in [1.82, 2.24) is 4.57 Å². The van der Waals surface area contributed by atoms with Crippen molar-refractivity contribution >= 4 is 22.3 Å². The van der Waals surface area contributed by atoms with E-state index in [1.165, 1.54) is 5.56 Å². The predicted octanol–water partition coefficient (Wildman–Crippen LogP) is 6.00. The quantitative estimate of drug-likeness (QED) is 0.578. The van der Waals surface area contributed by atoms with Gasteiger partial charge < -0.3 is 9.67 Å². The Morgan fingerprint density at radius 2 is 1.79 bits per heavy atom. The Morgan fingerprint density at radius 3 is 2.54 bits per heavy atom. The van der Waals surface area contributed by atoms with E-state index in [2.05, 4.69) is 37.1 Å². The van der Waals surface area contributed by atoms with Gasteiger partial charge in [0.05, 0.1) is 11.2 Å². The average Bonchev–Trinajstić information content (AvgIpc) is 2.85. The molecule has 0 fully saturated rings. The van der Waals surface area contributed by atoms with E-state index in [-0.39, 0.29) is 11.4 Å². The topological polar surface area (TPSA) is 49.9 Å². The number of hydrogen-bond acceptors (Lipinski definition) is 3. The maximum atomic E-state index is 10.9. The molecule has 1 atom stereocenters. The minimum absolute atomic E-state index is 0.156. The van der Waals surface area contributed by atoms with Gasteiger partial charge in [-0.15, -0.1) is 5.11 Å². The number of aromatic hydroxyl groups is 1. The normalized spacial score (nSPS) is 19.2. The number of azo groups is 1.